The van der Waals surface area contributed by atoms with Crippen molar-refractivity contribution in [3.63, 3.8) is 0 Å². The molecule has 0 saturated heterocycles. The van der Waals surface area contributed by atoms with E-state index in [4.69, 9.17) is 10.5 Å². The largest absolute Gasteiger partial charge is 0.484 e. The number of carbonyl (C=O) groups excluding carboxylic acids is 1. The summed E-state index contributed by atoms with van der Waals surface area (Å²) in [5, 5.41) is 2.80. The molecule has 0 aliphatic rings. The molecule has 21 heavy (non-hydrogen) atoms. The van der Waals surface area contributed by atoms with Crippen molar-refractivity contribution in [2.75, 3.05) is 17.7 Å². The average molecular weight is 284 g/mol. The molecule has 0 atom stereocenters. The first-order valence-electron chi connectivity index (χ1n) is 6.97. The number of aryl methyl sites for hydroxylation is 1. The van der Waals surface area contributed by atoms with Gasteiger partial charge >= 0.3 is 0 Å². The van der Waals surface area contributed by atoms with Crippen molar-refractivity contribution in [1.29, 1.82) is 0 Å². The van der Waals surface area contributed by atoms with Gasteiger partial charge in [-0.2, -0.15) is 0 Å². The van der Waals surface area contributed by atoms with Gasteiger partial charge in [-0.15, -0.1) is 0 Å². The van der Waals surface area contributed by atoms with E-state index in [0.29, 0.717) is 17.1 Å². The van der Waals surface area contributed by atoms with Crippen LogP contribution in [0.3, 0.4) is 0 Å². The van der Waals surface area contributed by atoms with Crippen LogP contribution in [-0.2, 0) is 11.2 Å². The Morgan fingerprint density at radius 1 is 1.19 bits per heavy atom. The highest BCUT2D eigenvalue weighted by molar-refractivity contribution is 5.93. The van der Waals surface area contributed by atoms with Crippen LogP contribution in [0.1, 0.15) is 18.1 Å². The third-order valence-electron chi connectivity index (χ3n) is 3.35. The number of hydrogen-bond donors (Lipinski definition) is 2. The van der Waals surface area contributed by atoms with E-state index in [2.05, 4.69) is 12.2 Å². The topological polar surface area (TPSA) is 64.3 Å². The first kappa shape index (κ1) is 14.9. The van der Waals surface area contributed by atoms with Crippen LogP contribution in [0.15, 0.2) is 42.5 Å². The van der Waals surface area contributed by atoms with Crippen LogP contribution in [-0.4, -0.2) is 12.5 Å². The number of nitrogen functional groups attached to an aromatic ring is 1. The number of ether oxygens (including phenoxy) is 1. The highest BCUT2D eigenvalue weighted by atomic mass is 16.5. The first-order chi connectivity index (χ1) is 10.1. The Bertz CT molecular complexity index is 621. The van der Waals surface area contributed by atoms with Crippen molar-refractivity contribution >= 4 is 17.3 Å². The second-order valence-corrected chi connectivity index (χ2v) is 4.85. The molecule has 0 aromatic heterocycles. The van der Waals surface area contributed by atoms with E-state index in [9.17, 15) is 4.79 Å². The number of amides is 1. The number of nitrogens with two attached hydrogens (primary N) is 1. The molecule has 2 aromatic rings. The van der Waals surface area contributed by atoms with E-state index in [1.165, 1.54) is 5.56 Å². The third-order valence-corrected chi connectivity index (χ3v) is 3.35. The molecule has 0 fully saturated rings. The zero-order chi connectivity index (χ0) is 15.2. The van der Waals surface area contributed by atoms with E-state index < -0.39 is 0 Å². The Morgan fingerprint density at radius 2 is 1.90 bits per heavy atom. The monoisotopic (exact) mass is 284 g/mol. The summed E-state index contributed by atoms with van der Waals surface area (Å²) in [5.41, 5.74) is 9.27. The minimum Gasteiger partial charge on any atom is -0.484 e. The molecule has 4 nitrogen and oxygen atoms in total. The summed E-state index contributed by atoms with van der Waals surface area (Å²) in [5.74, 6) is 0.481. The smallest absolute Gasteiger partial charge is 0.262 e. The fraction of sp³-hybridized carbons (Fsp3) is 0.235. The number of anilines is 2. The maximum absolute atomic E-state index is 11.9. The molecule has 0 radical (unpaired) electrons. The van der Waals surface area contributed by atoms with Gasteiger partial charge in [0.1, 0.15) is 5.75 Å². The minimum atomic E-state index is -0.205. The molecule has 0 bridgehead atoms. The molecule has 0 saturated carbocycles. The lowest BCUT2D eigenvalue weighted by atomic mass is 10.1. The van der Waals surface area contributed by atoms with Crippen molar-refractivity contribution in [2.24, 2.45) is 0 Å². The van der Waals surface area contributed by atoms with Crippen molar-refractivity contribution < 1.29 is 9.53 Å². The summed E-state index contributed by atoms with van der Waals surface area (Å²) in [7, 11) is 0. The molecule has 0 aliphatic heterocycles. The summed E-state index contributed by atoms with van der Waals surface area (Å²) in [6.07, 6.45) is 0.982. The molecule has 2 aromatic carbocycles. The third kappa shape index (κ3) is 3.99. The van der Waals surface area contributed by atoms with Gasteiger partial charge in [-0.1, -0.05) is 25.1 Å². The van der Waals surface area contributed by atoms with Gasteiger partial charge in [0.25, 0.3) is 5.91 Å². The zero-order valence-electron chi connectivity index (χ0n) is 12.3. The van der Waals surface area contributed by atoms with Crippen molar-refractivity contribution in [1.82, 2.24) is 0 Å². The summed E-state index contributed by atoms with van der Waals surface area (Å²) >= 11 is 0. The number of rotatable bonds is 5. The van der Waals surface area contributed by atoms with Crippen LogP contribution in [0.5, 0.6) is 5.75 Å². The van der Waals surface area contributed by atoms with Crippen LogP contribution >= 0.6 is 0 Å². The summed E-state index contributed by atoms with van der Waals surface area (Å²) < 4.78 is 5.47. The maximum atomic E-state index is 11.9. The van der Waals surface area contributed by atoms with E-state index in [1.807, 2.05) is 43.3 Å². The minimum absolute atomic E-state index is 0.0281. The normalized spacial score (nSPS) is 10.2. The number of nitrogens with one attached hydrogen (secondary N) is 1. The second kappa shape index (κ2) is 6.79. The van der Waals surface area contributed by atoms with Crippen molar-refractivity contribution in [2.45, 2.75) is 20.3 Å². The van der Waals surface area contributed by atoms with Gasteiger partial charge in [0, 0.05) is 11.4 Å². The predicted molar refractivity (Wildman–Crippen MR) is 85.5 cm³/mol. The lowest BCUT2D eigenvalue weighted by molar-refractivity contribution is -0.118. The molecule has 3 N–H and O–H groups in total. The molecule has 0 heterocycles. The lowest BCUT2D eigenvalue weighted by Gasteiger charge is -2.11. The van der Waals surface area contributed by atoms with Crippen LogP contribution in [0, 0.1) is 6.92 Å². The van der Waals surface area contributed by atoms with E-state index in [0.717, 1.165) is 12.0 Å². The highest BCUT2D eigenvalue weighted by Crippen LogP contribution is 2.20. The molecule has 0 unspecified atom stereocenters. The average Bonchev–Trinajstić information content (AvgIpc) is 2.50. The molecule has 0 spiro atoms. The molecule has 110 valence electrons. The Labute approximate surface area is 124 Å². The van der Waals surface area contributed by atoms with Gasteiger partial charge in [-0.25, -0.2) is 0 Å². The lowest BCUT2D eigenvalue weighted by Crippen LogP contribution is -2.20. The highest BCUT2D eigenvalue weighted by Gasteiger charge is 2.07. The van der Waals surface area contributed by atoms with Crippen molar-refractivity contribution in [3.8, 4) is 5.75 Å². The molecule has 4 heteroatoms. The SMILES string of the molecule is CCc1ccc(OCC(=O)Nc2cccc(N)c2C)cc1. The standard InChI is InChI=1S/C17H20N2O2/c1-3-13-7-9-14(10-8-13)21-11-17(20)19-16-6-4-5-15(18)12(16)2/h4-10H,3,11,18H2,1-2H3,(H,19,20). The van der Waals surface area contributed by atoms with Crippen LogP contribution in [0.25, 0.3) is 0 Å². The Kier molecular flexibility index (Phi) is 4.82. The molecule has 1 amide bonds. The quantitative estimate of drug-likeness (QED) is 0.829. The number of benzene rings is 2. The van der Waals surface area contributed by atoms with Crippen LogP contribution in [0.2, 0.25) is 0 Å². The molecule has 2 rings (SSSR count). The maximum Gasteiger partial charge on any atom is 0.262 e. The van der Waals surface area contributed by atoms with Crippen LogP contribution < -0.4 is 15.8 Å². The van der Waals surface area contributed by atoms with Gasteiger partial charge < -0.3 is 15.8 Å². The Balaban J connectivity index is 1.91. The fourth-order valence-corrected chi connectivity index (χ4v) is 1.95. The summed E-state index contributed by atoms with van der Waals surface area (Å²) in [4.78, 5) is 11.9. The van der Waals surface area contributed by atoms with Gasteiger partial charge in [0.05, 0.1) is 0 Å². The molecular weight excluding hydrogens is 264 g/mol. The van der Waals surface area contributed by atoms with Gasteiger partial charge in [-0.05, 0) is 48.7 Å². The fourth-order valence-electron chi connectivity index (χ4n) is 1.95. The Morgan fingerprint density at radius 3 is 2.57 bits per heavy atom. The van der Waals surface area contributed by atoms with Crippen LogP contribution in [0.4, 0.5) is 11.4 Å². The van der Waals surface area contributed by atoms with E-state index >= 15 is 0 Å². The van der Waals surface area contributed by atoms with E-state index in [-0.39, 0.29) is 12.5 Å². The summed E-state index contributed by atoms with van der Waals surface area (Å²) in [6.45, 7) is 3.94. The molecular formula is C17H20N2O2. The first-order valence-corrected chi connectivity index (χ1v) is 6.97. The second-order valence-electron chi connectivity index (χ2n) is 4.85. The number of hydrogen-bond acceptors (Lipinski definition) is 3. The Hall–Kier alpha value is -2.49. The van der Waals surface area contributed by atoms with Gasteiger partial charge in [0.15, 0.2) is 6.61 Å². The van der Waals surface area contributed by atoms with Crippen molar-refractivity contribution in [3.05, 3.63) is 53.6 Å². The van der Waals surface area contributed by atoms with Gasteiger partial charge in [-0.3, -0.25) is 4.79 Å². The summed E-state index contributed by atoms with van der Waals surface area (Å²) in [6, 6.07) is 13.2. The predicted octanol–water partition coefficient (Wildman–Crippen LogP) is 3.16. The molecule has 0 aliphatic carbocycles. The number of carbonyl (C=O) groups is 1. The van der Waals surface area contributed by atoms with E-state index in [1.54, 1.807) is 6.07 Å². The zero-order valence-corrected chi connectivity index (χ0v) is 12.3. The van der Waals surface area contributed by atoms with Gasteiger partial charge in [0.2, 0.25) is 0 Å².